The van der Waals surface area contributed by atoms with Crippen molar-refractivity contribution in [1.82, 2.24) is 9.88 Å². The van der Waals surface area contributed by atoms with Gasteiger partial charge in [0.2, 0.25) is 0 Å². The third-order valence-corrected chi connectivity index (χ3v) is 5.85. The van der Waals surface area contributed by atoms with Crippen LogP contribution in [0.3, 0.4) is 0 Å². The molecule has 22 heavy (non-hydrogen) atoms. The van der Waals surface area contributed by atoms with Crippen LogP contribution >= 0.6 is 43.2 Å². The van der Waals surface area contributed by atoms with Gasteiger partial charge in [-0.1, -0.05) is 0 Å². The average molecular weight is 450 g/mol. The van der Waals surface area contributed by atoms with Gasteiger partial charge in [-0.05, 0) is 50.1 Å². The quantitative estimate of drug-likeness (QED) is 0.728. The molecule has 2 aromatic heterocycles. The lowest BCUT2D eigenvalue weighted by atomic mass is 10.4. The molecule has 2 rings (SSSR count). The van der Waals surface area contributed by atoms with E-state index in [1.165, 1.54) is 11.3 Å². The standard InChI is InChI=1S/C13H10Br2N2O4S/c1-17-4-2-3-8(17)12(19)16-10(18)6-21-13(20)9-5-7(14)11(15)22-9/h2-5H,6H2,1H3,(H,16,18,19). The largest absolute Gasteiger partial charge is 0.451 e. The summed E-state index contributed by atoms with van der Waals surface area (Å²) in [7, 11) is 1.69. The maximum atomic E-state index is 11.8. The van der Waals surface area contributed by atoms with Gasteiger partial charge in [-0.3, -0.25) is 14.9 Å². The number of imide groups is 1. The Labute approximate surface area is 146 Å². The Morgan fingerprint density at radius 1 is 1.36 bits per heavy atom. The van der Waals surface area contributed by atoms with Crippen molar-refractivity contribution in [3.63, 3.8) is 0 Å². The summed E-state index contributed by atoms with van der Waals surface area (Å²) in [6.45, 7) is -0.526. The number of hydrogen-bond acceptors (Lipinski definition) is 5. The van der Waals surface area contributed by atoms with Crippen molar-refractivity contribution in [3.8, 4) is 0 Å². The van der Waals surface area contributed by atoms with Crippen LogP contribution in [0, 0.1) is 0 Å². The Morgan fingerprint density at radius 3 is 2.64 bits per heavy atom. The highest BCUT2D eigenvalue weighted by atomic mass is 79.9. The molecule has 2 aromatic rings. The number of aryl methyl sites for hydroxylation is 1. The van der Waals surface area contributed by atoms with E-state index in [9.17, 15) is 14.4 Å². The Bertz CT molecular complexity index is 719. The van der Waals surface area contributed by atoms with E-state index in [1.807, 2.05) is 0 Å². The lowest BCUT2D eigenvalue weighted by Crippen LogP contribution is -2.35. The van der Waals surface area contributed by atoms with Gasteiger partial charge in [0.05, 0.1) is 3.79 Å². The molecular weight excluding hydrogens is 440 g/mol. The number of hydrogen-bond donors (Lipinski definition) is 1. The van der Waals surface area contributed by atoms with Crippen LogP contribution in [-0.4, -0.2) is 29.0 Å². The zero-order valence-electron chi connectivity index (χ0n) is 11.3. The van der Waals surface area contributed by atoms with Crippen LogP contribution in [0.25, 0.3) is 0 Å². The van der Waals surface area contributed by atoms with Crippen LogP contribution in [0.2, 0.25) is 0 Å². The Kier molecular flexibility index (Phi) is 5.54. The fraction of sp³-hybridized carbons (Fsp3) is 0.154. The van der Waals surface area contributed by atoms with Gasteiger partial charge in [-0.15, -0.1) is 11.3 Å². The van der Waals surface area contributed by atoms with Gasteiger partial charge in [0.1, 0.15) is 10.6 Å². The van der Waals surface area contributed by atoms with Gasteiger partial charge in [-0.2, -0.15) is 0 Å². The molecule has 0 fully saturated rings. The summed E-state index contributed by atoms with van der Waals surface area (Å²) in [6.07, 6.45) is 1.69. The van der Waals surface area contributed by atoms with Gasteiger partial charge in [-0.25, -0.2) is 4.79 Å². The molecule has 6 nitrogen and oxygen atoms in total. The molecule has 0 unspecified atom stereocenters. The van der Waals surface area contributed by atoms with Crippen molar-refractivity contribution in [2.75, 3.05) is 6.61 Å². The molecule has 0 spiro atoms. The Morgan fingerprint density at radius 2 is 2.09 bits per heavy atom. The molecule has 0 saturated carbocycles. The third-order valence-electron chi connectivity index (χ3n) is 2.61. The van der Waals surface area contributed by atoms with Gasteiger partial charge in [0.25, 0.3) is 11.8 Å². The van der Waals surface area contributed by atoms with E-state index in [0.717, 1.165) is 8.26 Å². The number of carbonyl (C=O) groups excluding carboxylic acids is 3. The van der Waals surface area contributed by atoms with E-state index in [-0.39, 0.29) is 0 Å². The summed E-state index contributed by atoms with van der Waals surface area (Å²) < 4.78 is 7.93. The molecule has 0 atom stereocenters. The number of thiophene rings is 1. The predicted molar refractivity (Wildman–Crippen MR) is 87.9 cm³/mol. The highest BCUT2D eigenvalue weighted by molar-refractivity contribution is 9.13. The lowest BCUT2D eigenvalue weighted by Gasteiger charge is -2.05. The summed E-state index contributed by atoms with van der Waals surface area (Å²) in [5.41, 5.74) is 0.339. The average Bonchev–Trinajstić information content (AvgIpc) is 3.03. The monoisotopic (exact) mass is 448 g/mol. The number of halogens is 2. The van der Waals surface area contributed by atoms with Crippen LogP contribution in [0.1, 0.15) is 20.2 Å². The zero-order valence-corrected chi connectivity index (χ0v) is 15.2. The number of carbonyl (C=O) groups is 3. The molecule has 0 radical (unpaired) electrons. The minimum Gasteiger partial charge on any atom is -0.451 e. The van der Waals surface area contributed by atoms with Gasteiger partial charge in [0, 0.05) is 17.7 Å². The molecule has 1 N–H and O–H groups in total. The molecule has 2 amide bonds. The second-order valence-electron chi connectivity index (χ2n) is 4.19. The molecule has 0 aromatic carbocycles. The summed E-state index contributed by atoms with van der Waals surface area (Å²) in [6, 6.07) is 4.85. The van der Waals surface area contributed by atoms with Crippen molar-refractivity contribution < 1.29 is 19.1 Å². The smallest absolute Gasteiger partial charge is 0.348 e. The van der Waals surface area contributed by atoms with Crippen LogP contribution < -0.4 is 5.32 Å². The molecule has 9 heteroatoms. The normalized spacial score (nSPS) is 10.3. The van der Waals surface area contributed by atoms with Crippen LogP contribution in [0.15, 0.2) is 32.7 Å². The lowest BCUT2D eigenvalue weighted by molar-refractivity contribution is -0.123. The van der Waals surface area contributed by atoms with Crippen LogP contribution in [0.4, 0.5) is 0 Å². The number of nitrogens with one attached hydrogen (secondary N) is 1. The minimum atomic E-state index is -0.686. The van der Waals surface area contributed by atoms with E-state index >= 15 is 0 Å². The number of aromatic nitrogens is 1. The molecule has 0 bridgehead atoms. The Hall–Kier alpha value is -1.45. The van der Waals surface area contributed by atoms with Crippen molar-refractivity contribution in [2.45, 2.75) is 0 Å². The fourth-order valence-corrected chi connectivity index (χ4v) is 3.50. The topological polar surface area (TPSA) is 77.4 Å². The Balaban J connectivity index is 1.86. The van der Waals surface area contributed by atoms with E-state index in [2.05, 4.69) is 37.2 Å². The molecule has 116 valence electrons. The third kappa shape index (κ3) is 4.05. The van der Waals surface area contributed by atoms with E-state index in [4.69, 9.17) is 4.74 Å². The van der Waals surface area contributed by atoms with Gasteiger partial charge >= 0.3 is 5.97 Å². The van der Waals surface area contributed by atoms with E-state index < -0.39 is 24.4 Å². The molecule has 2 heterocycles. The summed E-state index contributed by atoms with van der Waals surface area (Å²) in [5, 5.41) is 2.16. The highest BCUT2D eigenvalue weighted by Gasteiger charge is 2.17. The van der Waals surface area contributed by atoms with Gasteiger partial charge in [0.15, 0.2) is 6.61 Å². The second-order valence-corrected chi connectivity index (χ2v) is 7.41. The summed E-state index contributed by atoms with van der Waals surface area (Å²) in [4.78, 5) is 35.5. The van der Waals surface area contributed by atoms with Crippen molar-refractivity contribution in [3.05, 3.63) is 43.2 Å². The zero-order chi connectivity index (χ0) is 16.3. The van der Waals surface area contributed by atoms with E-state index in [1.54, 1.807) is 36.0 Å². The molecule has 0 aliphatic heterocycles. The second kappa shape index (κ2) is 7.21. The number of ether oxygens (including phenoxy) is 1. The molecule has 0 saturated heterocycles. The molecule has 0 aliphatic carbocycles. The van der Waals surface area contributed by atoms with Crippen molar-refractivity contribution >= 4 is 61.0 Å². The SMILES string of the molecule is Cn1cccc1C(=O)NC(=O)COC(=O)c1cc(Br)c(Br)s1. The van der Waals surface area contributed by atoms with Crippen molar-refractivity contribution in [2.24, 2.45) is 7.05 Å². The maximum absolute atomic E-state index is 11.8. The molecule has 0 aliphatic rings. The van der Waals surface area contributed by atoms with Crippen LogP contribution in [0.5, 0.6) is 0 Å². The first-order valence-corrected chi connectivity index (χ1v) is 8.36. The number of amides is 2. The van der Waals surface area contributed by atoms with Crippen LogP contribution in [-0.2, 0) is 16.6 Å². The maximum Gasteiger partial charge on any atom is 0.348 e. The number of esters is 1. The first-order valence-electron chi connectivity index (χ1n) is 5.96. The van der Waals surface area contributed by atoms with Gasteiger partial charge < -0.3 is 9.30 Å². The summed E-state index contributed by atoms with van der Waals surface area (Å²) >= 11 is 7.70. The predicted octanol–water partition coefficient (Wildman–Crippen LogP) is 2.73. The first kappa shape index (κ1) is 16.9. The minimum absolute atomic E-state index is 0.339. The fourth-order valence-electron chi connectivity index (χ4n) is 1.57. The van der Waals surface area contributed by atoms with E-state index in [0.29, 0.717) is 10.6 Å². The van der Waals surface area contributed by atoms with Crippen molar-refractivity contribution in [1.29, 1.82) is 0 Å². The first-order chi connectivity index (χ1) is 10.4. The highest BCUT2D eigenvalue weighted by Crippen LogP contribution is 2.32. The number of nitrogens with zero attached hydrogens (tertiary/aromatic N) is 1. The number of rotatable bonds is 4. The molecular formula is C13H10Br2N2O4S. The summed E-state index contributed by atoms with van der Waals surface area (Å²) in [5.74, 6) is -1.86.